The van der Waals surface area contributed by atoms with Crippen molar-refractivity contribution in [2.45, 2.75) is 18.9 Å². The maximum Gasteiger partial charge on any atom is 0.270 e. The second kappa shape index (κ2) is 5.77. The van der Waals surface area contributed by atoms with Gasteiger partial charge >= 0.3 is 0 Å². The van der Waals surface area contributed by atoms with Crippen molar-refractivity contribution < 1.29 is 9.53 Å². The molecular weight excluding hydrogens is 276 g/mol. The molecule has 0 spiro atoms. The van der Waals surface area contributed by atoms with Crippen LogP contribution in [0.2, 0.25) is 5.15 Å². The number of halogens is 1. The molecule has 4 nitrogen and oxygen atoms in total. The molecule has 5 heteroatoms. The topological polar surface area (TPSA) is 51.2 Å². The van der Waals surface area contributed by atoms with Crippen LogP contribution in [0.4, 0.5) is 0 Å². The number of rotatable bonds is 2. The zero-order chi connectivity index (χ0) is 13.9. The molecule has 3 rings (SSSR count). The fourth-order valence-electron chi connectivity index (χ4n) is 2.39. The Morgan fingerprint density at radius 2 is 2.25 bits per heavy atom. The standard InChI is InChI=1S/C15H15ClN2O2/c16-14-12-6-2-1-4-10(12)8-13(18-14)15(19)17-11-5-3-7-20-9-11/h1-2,4,6,8,11H,3,5,7,9H2,(H,17,19). The van der Waals surface area contributed by atoms with Crippen molar-refractivity contribution in [3.8, 4) is 0 Å². The molecule has 1 saturated heterocycles. The van der Waals surface area contributed by atoms with Gasteiger partial charge in [0.2, 0.25) is 0 Å². The molecule has 0 saturated carbocycles. The Morgan fingerprint density at radius 1 is 1.40 bits per heavy atom. The van der Waals surface area contributed by atoms with Crippen LogP contribution < -0.4 is 5.32 Å². The summed E-state index contributed by atoms with van der Waals surface area (Å²) in [5.74, 6) is -0.201. The average molecular weight is 291 g/mol. The van der Waals surface area contributed by atoms with Crippen molar-refractivity contribution in [1.29, 1.82) is 0 Å². The first-order valence-electron chi connectivity index (χ1n) is 6.68. The lowest BCUT2D eigenvalue weighted by Crippen LogP contribution is -2.40. The summed E-state index contributed by atoms with van der Waals surface area (Å²) < 4.78 is 5.35. The number of ether oxygens (including phenoxy) is 1. The van der Waals surface area contributed by atoms with Crippen LogP contribution in [-0.4, -0.2) is 30.1 Å². The van der Waals surface area contributed by atoms with Gasteiger partial charge in [0.25, 0.3) is 5.91 Å². The first-order chi connectivity index (χ1) is 9.74. The van der Waals surface area contributed by atoms with E-state index in [2.05, 4.69) is 10.3 Å². The summed E-state index contributed by atoms with van der Waals surface area (Å²) in [5.41, 5.74) is 0.347. The number of nitrogens with one attached hydrogen (secondary N) is 1. The fourth-order valence-corrected chi connectivity index (χ4v) is 2.65. The number of fused-ring (bicyclic) bond motifs is 1. The van der Waals surface area contributed by atoms with Crippen molar-refractivity contribution in [2.24, 2.45) is 0 Å². The van der Waals surface area contributed by atoms with Gasteiger partial charge in [-0.3, -0.25) is 4.79 Å². The third-order valence-corrected chi connectivity index (χ3v) is 3.71. The summed E-state index contributed by atoms with van der Waals surface area (Å²) in [6.07, 6.45) is 1.91. The molecule has 0 radical (unpaired) electrons. The van der Waals surface area contributed by atoms with Crippen LogP contribution in [0, 0.1) is 0 Å². The normalized spacial score (nSPS) is 18.9. The zero-order valence-electron chi connectivity index (χ0n) is 10.9. The van der Waals surface area contributed by atoms with Gasteiger partial charge < -0.3 is 10.1 Å². The summed E-state index contributed by atoms with van der Waals surface area (Å²) in [6.45, 7) is 1.33. The minimum atomic E-state index is -0.201. The highest BCUT2D eigenvalue weighted by atomic mass is 35.5. The van der Waals surface area contributed by atoms with Gasteiger partial charge in [0.15, 0.2) is 0 Å². The third-order valence-electron chi connectivity index (χ3n) is 3.42. The second-order valence-corrected chi connectivity index (χ2v) is 5.26. The molecule has 1 amide bonds. The quantitative estimate of drug-likeness (QED) is 0.865. The molecule has 0 bridgehead atoms. The lowest BCUT2D eigenvalue weighted by molar-refractivity contribution is 0.0622. The van der Waals surface area contributed by atoms with Gasteiger partial charge in [-0.25, -0.2) is 4.98 Å². The molecule has 104 valence electrons. The minimum absolute atomic E-state index is 0.0586. The average Bonchev–Trinajstić information content (AvgIpc) is 2.48. The number of aromatic nitrogens is 1. The van der Waals surface area contributed by atoms with Crippen LogP contribution >= 0.6 is 11.6 Å². The van der Waals surface area contributed by atoms with Crippen molar-refractivity contribution in [3.05, 3.63) is 41.2 Å². The largest absolute Gasteiger partial charge is 0.379 e. The lowest BCUT2D eigenvalue weighted by atomic mass is 10.1. The molecule has 1 aromatic heterocycles. The maximum atomic E-state index is 12.2. The van der Waals surface area contributed by atoms with Crippen molar-refractivity contribution in [3.63, 3.8) is 0 Å². The Hall–Kier alpha value is -1.65. The Balaban J connectivity index is 1.84. The molecule has 20 heavy (non-hydrogen) atoms. The Bertz CT molecular complexity index is 639. The van der Waals surface area contributed by atoms with Gasteiger partial charge in [-0.1, -0.05) is 35.9 Å². The van der Waals surface area contributed by atoms with Crippen LogP contribution in [0.5, 0.6) is 0 Å². The van der Waals surface area contributed by atoms with E-state index in [-0.39, 0.29) is 11.9 Å². The van der Waals surface area contributed by atoms with E-state index in [0.717, 1.165) is 30.2 Å². The molecule has 1 fully saturated rings. The van der Waals surface area contributed by atoms with E-state index in [0.29, 0.717) is 17.5 Å². The number of pyridine rings is 1. The van der Waals surface area contributed by atoms with E-state index in [9.17, 15) is 4.79 Å². The van der Waals surface area contributed by atoms with Gasteiger partial charge in [0.1, 0.15) is 10.8 Å². The molecule has 2 heterocycles. The molecule has 1 unspecified atom stereocenters. The van der Waals surface area contributed by atoms with E-state index >= 15 is 0 Å². The Kier molecular flexibility index (Phi) is 3.85. The van der Waals surface area contributed by atoms with Gasteiger partial charge in [0, 0.05) is 12.0 Å². The van der Waals surface area contributed by atoms with Crippen LogP contribution in [-0.2, 0) is 4.74 Å². The fraction of sp³-hybridized carbons (Fsp3) is 0.333. The molecule has 1 aliphatic rings. The molecular formula is C15H15ClN2O2. The van der Waals surface area contributed by atoms with E-state index in [1.54, 1.807) is 6.07 Å². The van der Waals surface area contributed by atoms with Crippen LogP contribution in [0.25, 0.3) is 10.8 Å². The highest BCUT2D eigenvalue weighted by molar-refractivity contribution is 6.34. The first-order valence-corrected chi connectivity index (χ1v) is 7.06. The maximum absolute atomic E-state index is 12.2. The van der Waals surface area contributed by atoms with Gasteiger partial charge in [-0.2, -0.15) is 0 Å². The lowest BCUT2D eigenvalue weighted by Gasteiger charge is -2.23. The number of carbonyl (C=O) groups excluding carboxylic acids is 1. The molecule has 1 atom stereocenters. The van der Waals surface area contributed by atoms with Gasteiger partial charge in [-0.05, 0) is 24.3 Å². The van der Waals surface area contributed by atoms with Gasteiger partial charge in [0.05, 0.1) is 12.6 Å². The Labute approximate surface area is 122 Å². The first kappa shape index (κ1) is 13.3. The van der Waals surface area contributed by atoms with E-state index in [1.807, 2.05) is 24.3 Å². The zero-order valence-corrected chi connectivity index (χ0v) is 11.7. The van der Waals surface area contributed by atoms with Crippen molar-refractivity contribution >= 4 is 28.3 Å². The summed E-state index contributed by atoms with van der Waals surface area (Å²) in [4.78, 5) is 16.4. The molecule has 2 aromatic rings. The van der Waals surface area contributed by atoms with Crippen LogP contribution in [0.15, 0.2) is 30.3 Å². The summed E-state index contributed by atoms with van der Waals surface area (Å²) in [7, 11) is 0. The molecule has 0 aliphatic carbocycles. The van der Waals surface area contributed by atoms with Crippen LogP contribution in [0.3, 0.4) is 0 Å². The number of hydrogen-bond donors (Lipinski definition) is 1. The smallest absolute Gasteiger partial charge is 0.270 e. The predicted octanol–water partition coefficient (Wildman–Crippen LogP) is 2.80. The van der Waals surface area contributed by atoms with Gasteiger partial charge in [-0.15, -0.1) is 0 Å². The summed E-state index contributed by atoms with van der Waals surface area (Å²) in [6, 6.07) is 9.44. The summed E-state index contributed by atoms with van der Waals surface area (Å²) in [5, 5.41) is 5.06. The highest BCUT2D eigenvalue weighted by Crippen LogP contribution is 2.22. The molecule has 1 aromatic carbocycles. The molecule has 1 aliphatic heterocycles. The third kappa shape index (κ3) is 2.76. The SMILES string of the molecule is O=C(NC1CCCOC1)c1cc2ccccc2c(Cl)n1. The van der Waals surface area contributed by atoms with E-state index in [1.165, 1.54) is 0 Å². The van der Waals surface area contributed by atoms with E-state index < -0.39 is 0 Å². The second-order valence-electron chi connectivity index (χ2n) is 4.91. The molecule has 1 N–H and O–H groups in total. The number of benzene rings is 1. The number of nitrogens with zero attached hydrogens (tertiary/aromatic N) is 1. The van der Waals surface area contributed by atoms with E-state index in [4.69, 9.17) is 16.3 Å². The minimum Gasteiger partial charge on any atom is -0.379 e. The summed E-state index contributed by atoms with van der Waals surface area (Å²) >= 11 is 6.13. The number of hydrogen-bond acceptors (Lipinski definition) is 3. The Morgan fingerprint density at radius 3 is 3.05 bits per heavy atom. The van der Waals surface area contributed by atoms with Crippen molar-refractivity contribution in [2.75, 3.05) is 13.2 Å². The number of amides is 1. The monoisotopic (exact) mass is 290 g/mol. The van der Waals surface area contributed by atoms with Crippen molar-refractivity contribution in [1.82, 2.24) is 10.3 Å². The number of carbonyl (C=O) groups is 1. The predicted molar refractivity (Wildman–Crippen MR) is 78.1 cm³/mol. The highest BCUT2D eigenvalue weighted by Gasteiger charge is 2.18. The van der Waals surface area contributed by atoms with Crippen LogP contribution in [0.1, 0.15) is 23.3 Å².